The van der Waals surface area contributed by atoms with Gasteiger partial charge in [-0.05, 0) is 6.42 Å². The fourth-order valence-electron chi connectivity index (χ4n) is 1.16. The number of carboxylic acid groups (broad SMARTS) is 4. The quantitative estimate of drug-likeness (QED) is 0.148. The average molecular weight is 440 g/mol. The molecule has 1 atom stereocenters. The predicted molar refractivity (Wildman–Crippen MR) is 97.9 cm³/mol. The number of nitrogens with zero attached hydrogens (tertiary/aromatic N) is 1. The van der Waals surface area contributed by atoms with Crippen molar-refractivity contribution in [1.82, 2.24) is 4.90 Å². The Morgan fingerprint density at radius 2 is 1.10 bits per heavy atom. The zero-order valence-electron chi connectivity index (χ0n) is 18.0. The van der Waals surface area contributed by atoms with Gasteiger partial charge in [0.05, 0.1) is 19.8 Å². The molecule has 170 valence electrons. The van der Waals surface area contributed by atoms with Crippen LogP contribution < -0.4 is 35.3 Å². The first kappa shape index (κ1) is 38.3. The van der Waals surface area contributed by atoms with Gasteiger partial charge < -0.3 is 42.9 Å². The summed E-state index contributed by atoms with van der Waals surface area (Å²) in [6, 6.07) is -1.06. The Morgan fingerprint density at radius 3 is 1.28 bits per heavy atom. The molecule has 0 aliphatic carbocycles. The minimum atomic E-state index is -1.17. The molecule has 0 aromatic carbocycles. The molecule has 0 bridgehead atoms. The molecule has 0 amide bonds. The normalized spacial score (nSPS) is 9.76. The van der Waals surface area contributed by atoms with E-state index in [1.807, 2.05) is 0 Å². The van der Waals surface area contributed by atoms with Gasteiger partial charge in [0, 0.05) is 39.9 Å². The van der Waals surface area contributed by atoms with Gasteiger partial charge in [0.15, 0.2) is 0 Å². The van der Waals surface area contributed by atoms with Gasteiger partial charge in [-0.1, -0.05) is 0 Å². The Bertz CT molecular complexity index is 397. The van der Waals surface area contributed by atoms with Crippen molar-refractivity contribution in [1.29, 1.82) is 0 Å². The number of aliphatic hydroxyl groups is 3. The molecule has 0 aliphatic heterocycles. The van der Waals surface area contributed by atoms with E-state index in [1.54, 1.807) is 4.90 Å². The van der Waals surface area contributed by atoms with Gasteiger partial charge in [0.1, 0.15) is 6.04 Å². The Morgan fingerprint density at radius 1 is 0.828 bits per heavy atom. The number of carbonyl (C=O) groups is 4. The van der Waals surface area contributed by atoms with Crippen molar-refractivity contribution in [2.75, 3.05) is 39.5 Å². The van der Waals surface area contributed by atoms with E-state index in [9.17, 15) is 9.59 Å². The molecule has 0 radical (unpaired) electrons. The summed E-state index contributed by atoms with van der Waals surface area (Å²) in [5, 5.41) is 56.6. The molecule has 0 fully saturated rings. The molecule has 0 saturated carbocycles. The number of nitrogens with two attached hydrogens (primary N) is 1. The van der Waals surface area contributed by atoms with Crippen LogP contribution in [0.3, 0.4) is 0 Å². The Kier molecular flexibility index (Phi) is 38.2. The van der Waals surface area contributed by atoms with E-state index in [4.69, 9.17) is 51.1 Å². The summed E-state index contributed by atoms with van der Waals surface area (Å²) in [4.78, 5) is 39.7. The third kappa shape index (κ3) is 58.4. The third-order valence-corrected chi connectivity index (χ3v) is 2.24. The zero-order chi connectivity index (χ0) is 23.1. The minimum Gasteiger partial charge on any atom is -1.00 e. The van der Waals surface area contributed by atoms with Crippen molar-refractivity contribution in [3.63, 3.8) is 0 Å². The van der Waals surface area contributed by atoms with Crippen LogP contribution in [0.25, 0.3) is 0 Å². The van der Waals surface area contributed by atoms with E-state index < -0.39 is 29.9 Å². The first-order chi connectivity index (χ1) is 12.8. The summed E-state index contributed by atoms with van der Waals surface area (Å²) < 4.78 is 0. The molecular formula is C15H33N2NaO11. The van der Waals surface area contributed by atoms with E-state index in [2.05, 4.69) is 0 Å². The Balaban J connectivity index is -0.0000000678. The van der Waals surface area contributed by atoms with Gasteiger partial charge in [0.25, 0.3) is 11.9 Å². The van der Waals surface area contributed by atoms with E-state index in [1.165, 1.54) is 0 Å². The van der Waals surface area contributed by atoms with E-state index in [-0.39, 0.29) is 63.6 Å². The fraction of sp³-hybridized carbons (Fsp3) is 0.733. The molecule has 0 unspecified atom stereocenters. The predicted octanol–water partition coefficient (Wildman–Crippen LogP) is -5.17. The van der Waals surface area contributed by atoms with Crippen LogP contribution in [0.5, 0.6) is 0 Å². The summed E-state index contributed by atoms with van der Waals surface area (Å²) >= 11 is 0. The maximum Gasteiger partial charge on any atom is 1.00 e. The van der Waals surface area contributed by atoms with Crippen molar-refractivity contribution in [3.05, 3.63) is 0 Å². The van der Waals surface area contributed by atoms with Gasteiger partial charge in [-0.3, -0.25) is 24.1 Å². The molecule has 29 heavy (non-hydrogen) atoms. The molecule has 0 aromatic rings. The maximum absolute atomic E-state index is 9.99. The Hall–Kier alpha value is -1.32. The van der Waals surface area contributed by atoms with Crippen molar-refractivity contribution in [2.24, 2.45) is 5.73 Å². The number of aliphatic hydroxyl groups excluding tert-OH is 3. The van der Waals surface area contributed by atoms with Gasteiger partial charge in [-0.2, -0.15) is 0 Å². The van der Waals surface area contributed by atoms with Gasteiger partial charge >= 0.3 is 41.5 Å². The summed E-state index contributed by atoms with van der Waals surface area (Å²) in [5.41, 5.74) is 5.00. The van der Waals surface area contributed by atoms with Crippen molar-refractivity contribution >= 4 is 23.9 Å². The second-order valence-corrected chi connectivity index (χ2v) is 4.93. The van der Waals surface area contributed by atoms with Crippen LogP contribution in [-0.4, -0.2) is 110 Å². The number of aliphatic carboxylic acids is 4. The first-order valence-electron chi connectivity index (χ1n) is 7.99. The third-order valence-electron chi connectivity index (χ3n) is 2.24. The first-order valence-corrected chi connectivity index (χ1v) is 7.99. The SMILES string of the molecule is CC(=O)O.CC(=O)O.N[C@@H](CCC(=O)O)C(=O)O.OCCN(CCO)CCO.[H-].[Na+]. The molecule has 13 nitrogen and oxygen atoms in total. The fourth-order valence-corrected chi connectivity index (χ4v) is 1.16. The van der Waals surface area contributed by atoms with E-state index >= 15 is 0 Å². The van der Waals surface area contributed by atoms with Gasteiger partial charge in [-0.25, -0.2) is 0 Å². The molecular weight excluding hydrogens is 407 g/mol. The van der Waals surface area contributed by atoms with Crippen LogP contribution in [0, 0.1) is 0 Å². The monoisotopic (exact) mass is 440 g/mol. The van der Waals surface area contributed by atoms with E-state index in [0.717, 1.165) is 13.8 Å². The van der Waals surface area contributed by atoms with Crippen molar-refractivity contribution < 1.29 is 85.9 Å². The largest absolute Gasteiger partial charge is 1.00 e. The molecule has 0 heterocycles. The van der Waals surface area contributed by atoms with Crippen molar-refractivity contribution in [3.8, 4) is 0 Å². The van der Waals surface area contributed by atoms with Crippen LogP contribution >= 0.6 is 0 Å². The number of carboxylic acids is 4. The number of hydrogen-bond donors (Lipinski definition) is 8. The van der Waals surface area contributed by atoms with Crippen molar-refractivity contribution in [2.45, 2.75) is 32.7 Å². The zero-order valence-corrected chi connectivity index (χ0v) is 19.0. The molecule has 0 spiro atoms. The van der Waals surface area contributed by atoms with Crippen LogP contribution in [0.15, 0.2) is 0 Å². The van der Waals surface area contributed by atoms with Crippen LogP contribution in [0.1, 0.15) is 28.1 Å². The van der Waals surface area contributed by atoms with Crippen LogP contribution in [-0.2, 0) is 19.2 Å². The summed E-state index contributed by atoms with van der Waals surface area (Å²) in [6.45, 7) is 3.92. The summed E-state index contributed by atoms with van der Waals surface area (Å²) in [5.74, 6) is -3.86. The standard InChI is InChI=1S/C6H15NO3.C5H9NO4.2C2H4O2.Na.H/c8-4-1-7(2-5-9)3-6-10;6-3(5(9)10)1-2-4(7)8;2*1-2(3)4;;/h8-10H,1-6H2;3H,1-2,6H2,(H,7,8)(H,9,10);2*1H3,(H,3,4);;/q;;;;+1;-1/t;3-;;;;/m.0..../s1. The smallest absolute Gasteiger partial charge is 1.00 e. The summed E-state index contributed by atoms with van der Waals surface area (Å²) in [6.07, 6.45) is -0.224. The molecule has 0 rings (SSSR count). The minimum absolute atomic E-state index is 0. The molecule has 9 N–H and O–H groups in total. The molecule has 0 saturated heterocycles. The molecule has 0 aliphatic rings. The van der Waals surface area contributed by atoms with Gasteiger partial charge in [0.2, 0.25) is 0 Å². The summed E-state index contributed by atoms with van der Waals surface area (Å²) in [7, 11) is 0. The molecule has 14 heteroatoms. The average Bonchev–Trinajstić information content (AvgIpc) is 2.52. The molecule has 0 aromatic heterocycles. The number of hydrogen-bond acceptors (Lipinski definition) is 9. The topological polar surface area (TPSA) is 239 Å². The second kappa shape index (κ2) is 28.9. The maximum atomic E-state index is 9.99. The number of rotatable bonds is 10. The Labute approximate surface area is 192 Å². The van der Waals surface area contributed by atoms with Gasteiger partial charge in [-0.15, -0.1) is 0 Å². The van der Waals surface area contributed by atoms with Crippen LogP contribution in [0.2, 0.25) is 0 Å². The second-order valence-electron chi connectivity index (χ2n) is 4.93. The van der Waals surface area contributed by atoms with E-state index in [0.29, 0.717) is 19.6 Å². The van der Waals surface area contributed by atoms with Crippen LogP contribution in [0.4, 0.5) is 0 Å².